The Labute approximate surface area is 204 Å². The molecule has 0 saturated carbocycles. The van der Waals surface area contributed by atoms with Gasteiger partial charge in [0.05, 0.1) is 28.9 Å². The molecule has 2 amide bonds. The molecule has 4 rings (SSSR count). The number of carbonyl (C=O) groups excluding carboxylic acids is 1. The van der Waals surface area contributed by atoms with E-state index in [1.807, 2.05) is 18.2 Å². The average molecular weight is 497 g/mol. The summed E-state index contributed by atoms with van der Waals surface area (Å²) in [4.78, 5) is 27.6. The van der Waals surface area contributed by atoms with Crippen molar-refractivity contribution in [1.82, 2.24) is 9.89 Å². The highest BCUT2D eigenvalue weighted by Crippen LogP contribution is 2.32. The topological polar surface area (TPSA) is 113 Å². The fourth-order valence-electron chi connectivity index (χ4n) is 4.41. The lowest BCUT2D eigenvalue weighted by molar-refractivity contribution is 0.0996. The molecule has 0 radical (unpaired) electrons. The van der Waals surface area contributed by atoms with Gasteiger partial charge in [0, 0.05) is 11.3 Å². The summed E-state index contributed by atoms with van der Waals surface area (Å²) in [6, 6.07) is 13.1. The Hall–Kier alpha value is -3.66. The number of fused-ring (bicyclic) bond motifs is 1. The number of sulfone groups is 1. The lowest BCUT2D eigenvalue weighted by atomic mass is 10.1. The van der Waals surface area contributed by atoms with Crippen LogP contribution in [0.15, 0.2) is 58.3 Å². The van der Waals surface area contributed by atoms with Gasteiger partial charge in [0.25, 0.3) is 5.91 Å². The minimum Gasteiger partial charge on any atom is -0.464 e. The van der Waals surface area contributed by atoms with Crippen molar-refractivity contribution in [3.63, 3.8) is 0 Å². The fourth-order valence-corrected chi connectivity index (χ4v) is 6.17. The van der Waals surface area contributed by atoms with Gasteiger partial charge in [-0.3, -0.25) is 4.79 Å². The van der Waals surface area contributed by atoms with E-state index in [4.69, 9.17) is 0 Å². The molecule has 0 spiro atoms. The second kappa shape index (κ2) is 9.18. The predicted octanol–water partition coefficient (Wildman–Crippen LogP) is 4.03. The Bertz CT molecular complexity index is 1390. The predicted molar refractivity (Wildman–Crippen MR) is 131 cm³/mol. The number of benzene rings is 2. The summed E-state index contributed by atoms with van der Waals surface area (Å²) in [7, 11) is -4.00. The van der Waals surface area contributed by atoms with Crippen molar-refractivity contribution in [2.75, 3.05) is 9.91 Å². The third-order valence-corrected chi connectivity index (χ3v) is 7.99. The van der Waals surface area contributed by atoms with Gasteiger partial charge in [-0.15, -0.1) is 0 Å². The standard InChI is InChI=1S/C25H28N4O5S/c1-5-21-23(22(6-2)29(26-21)28(16(3)4)25(31)32)35(33,34)19-13-11-18(12-14-19)27-15-17-9-7-8-10-20(17)24(27)30/h7-14,16H,5-6,15H2,1-4H3,(H,31,32). The first-order chi connectivity index (χ1) is 16.6. The van der Waals surface area contributed by atoms with Crippen LogP contribution >= 0.6 is 0 Å². The van der Waals surface area contributed by atoms with Gasteiger partial charge in [0.2, 0.25) is 9.84 Å². The lowest BCUT2D eigenvalue weighted by Gasteiger charge is -2.24. The molecule has 184 valence electrons. The molecule has 10 heteroatoms. The molecule has 0 unspecified atom stereocenters. The van der Waals surface area contributed by atoms with Crippen molar-refractivity contribution in [2.45, 2.75) is 62.9 Å². The fraction of sp³-hybridized carbons (Fsp3) is 0.320. The van der Waals surface area contributed by atoms with E-state index in [-0.39, 0.29) is 22.1 Å². The van der Waals surface area contributed by atoms with Crippen LogP contribution in [0, 0.1) is 0 Å². The summed E-state index contributed by atoms with van der Waals surface area (Å²) >= 11 is 0. The molecule has 0 aliphatic carbocycles. The van der Waals surface area contributed by atoms with Crippen molar-refractivity contribution in [1.29, 1.82) is 0 Å². The largest absolute Gasteiger partial charge is 0.464 e. The Morgan fingerprint density at radius 3 is 2.29 bits per heavy atom. The average Bonchev–Trinajstić information content (AvgIpc) is 3.37. The molecule has 1 N–H and O–H groups in total. The molecule has 1 aliphatic heterocycles. The van der Waals surface area contributed by atoms with Crippen molar-refractivity contribution in [3.05, 3.63) is 71.0 Å². The highest BCUT2D eigenvalue weighted by Gasteiger charge is 2.33. The quantitative estimate of drug-likeness (QED) is 0.529. The van der Waals surface area contributed by atoms with E-state index in [1.165, 1.54) is 16.9 Å². The summed E-state index contributed by atoms with van der Waals surface area (Å²) in [6.45, 7) is 7.38. The highest BCUT2D eigenvalue weighted by atomic mass is 32.2. The van der Waals surface area contributed by atoms with E-state index < -0.39 is 22.0 Å². The van der Waals surface area contributed by atoms with Gasteiger partial charge < -0.3 is 10.0 Å². The zero-order chi connectivity index (χ0) is 25.5. The number of anilines is 1. The molecule has 0 fully saturated rings. The van der Waals surface area contributed by atoms with Crippen LogP contribution in [0.4, 0.5) is 10.5 Å². The van der Waals surface area contributed by atoms with Crippen LogP contribution in [0.2, 0.25) is 0 Å². The summed E-state index contributed by atoms with van der Waals surface area (Å²) in [5, 5.41) is 15.1. The molecule has 2 aromatic carbocycles. The third kappa shape index (κ3) is 4.07. The Balaban J connectivity index is 1.74. The number of rotatable bonds is 7. The minimum absolute atomic E-state index is 0.0341. The third-order valence-electron chi connectivity index (χ3n) is 6.09. The number of aryl methyl sites for hydroxylation is 1. The van der Waals surface area contributed by atoms with Crippen LogP contribution in [0.1, 0.15) is 55.0 Å². The van der Waals surface area contributed by atoms with Gasteiger partial charge in [-0.25, -0.2) is 13.2 Å². The van der Waals surface area contributed by atoms with Crippen molar-refractivity contribution in [3.8, 4) is 0 Å². The van der Waals surface area contributed by atoms with Gasteiger partial charge in [-0.1, -0.05) is 32.0 Å². The van der Waals surface area contributed by atoms with Crippen LogP contribution in [-0.4, -0.2) is 41.5 Å². The smallest absolute Gasteiger partial charge is 0.428 e. The number of aromatic nitrogens is 2. The molecule has 0 bridgehead atoms. The SMILES string of the molecule is CCc1nn(N(C(=O)O)C(C)C)c(CC)c1S(=O)(=O)c1ccc(N2Cc3ccccc3C2=O)cc1. The summed E-state index contributed by atoms with van der Waals surface area (Å²) in [6.07, 6.45) is -0.625. The maximum absolute atomic E-state index is 13.7. The highest BCUT2D eigenvalue weighted by molar-refractivity contribution is 7.91. The second-order valence-corrected chi connectivity index (χ2v) is 10.5. The van der Waals surface area contributed by atoms with Gasteiger partial charge in [-0.05, 0) is 62.6 Å². The van der Waals surface area contributed by atoms with E-state index in [9.17, 15) is 23.1 Å². The van der Waals surface area contributed by atoms with E-state index >= 15 is 0 Å². The van der Waals surface area contributed by atoms with Crippen LogP contribution in [0.3, 0.4) is 0 Å². The molecule has 0 atom stereocenters. The number of carbonyl (C=O) groups is 2. The molecule has 2 heterocycles. The molecule has 0 saturated heterocycles. The van der Waals surface area contributed by atoms with Gasteiger partial charge in [0.15, 0.2) is 0 Å². The Morgan fingerprint density at radius 1 is 1.09 bits per heavy atom. The van der Waals surface area contributed by atoms with E-state index in [1.54, 1.807) is 50.8 Å². The molecule has 35 heavy (non-hydrogen) atoms. The van der Waals surface area contributed by atoms with Crippen LogP contribution < -0.4 is 9.91 Å². The Morgan fingerprint density at radius 2 is 1.74 bits per heavy atom. The molecular weight excluding hydrogens is 468 g/mol. The maximum Gasteiger partial charge on any atom is 0.428 e. The number of carboxylic acid groups (broad SMARTS) is 1. The van der Waals surface area contributed by atoms with Crippen LogP contribution in [0.25, 0.3) is 0 Å². The number of nitrogens with zero attached hydrogens (tertiary/aromatic N) is 4. The van der Waals surface area contributed by atoms with Crippen LogP contribution in [-0.2, 0) is 29.2 Å². The first-order valence-electron chi connectivity index (χ1n) is 11.5. The van der Waals surface area contributed by atoms with Gasteiger partial charge in [-0.2, -0.15) is 14.9 Å². The second-order valence-electron chi connectivity index (χ2n) is 8.59. The molecule has 3 aromatic rings. The Kier molecular flexibility index (Phi) is 6.42. The number of hydrogen-bond acceptors (Lipinski definition) is 5. The van der Waals surface area contributed by atoms with Crippen molar-refractivity contribution in [2.24, 2.45) is 0 Å². The van der Waals surface area contributed by atoms with E-state index in [0.717, 1.165) is 10.6 Å². The summed E-state index contributed by atoms with van der Waals surface area (Å²) < 4.78 is 27.5. The normalized spacial score (nSPS) is 13.4. The minimum atomic E-state index is -4.00. The maximum atomic E-state index is 13.7. The van der Waals surface area contributed by atoms with Gasteiger partial charge >= 0.3 is 6.09 Å². The zero-order valence-corrected chi connectivity index (χ0v) is 20.9. The lowest BCUT2D eigenvalue weighted by Crippen LogP contribution is -2.46. The van der Waals surface area contributed by atoms with Gasteiger partial charge in [0.1, 0.15) is 4.90 Å². The van der Waals surface area contributed by atoms with Crippen molar-refractivity contribution < 1.29 is 23.1 Å². The van der Waals surface area contributed by atoms with Crippen molar-refractivity contribution >= 4 is 27.5 Å². The molecule has 1 aromatic heterocycles. The summed E-state index contributed by atoms with van der Waals surface area (Å²) in [5.74, 6) is -0.124. The monoisotopic (exact) mass is 496 g/mol. The number of hydrogen-bond donors (Lipinski definition) is 1. The molecular formula is C25H28N4O5S. The molecule has 9 nitrogen and oxygen atoms in total. The number of amides is 2. The molecule has 1 aliphatic rings. The summed E-state index contributed by atoms with van der Waals surface area (Å²) in [5.41, 5.74) is 2.79. The van der Waals surface area contributed by atoms with Crippen LogP contribution in [0.5, 0.6) is 0 Å². The first-order valence-corrected chi connectivity index (χ1v) is 13.0. The van der Waals surface area contributed by atoms with E-state index in [2.05, 4.69) is 5.10 Å². The first kappa shape index (κ1) is 24.5. The zero-order valence-electron chi connectivity index (χ0n) is 20.1. The van der Waals surface area contributed by atoms with E-state index in [0.29, 0.717) is 35.6 Å².